The second-order valence-corrected chi connectivity index (χ2v) is 3.36. The van der Waals surface area contributed by atoms with Crippen molar-refractivity contribution in [2.45, 2.75) is 46.1 Å². The zero-order valence-electron chi connectivity index (χ0n) is 8.34. The highest BCUT2D eigenvalue weighted by Gasteiger charge is 2.08. The van der Waals surface area contributed by atoms with Crippen molar-refractivity contribution in [2.75, 3.05) is 13.2 Å². The zero-order valence-corrected chi connectivity index (χ0v) is 8.34. The molecule has 0 unspecified atom stereocenters. The maximum absolute atomic E-state index is 12.9. The number of hydrogen-bond donors (Lipinski definition) is 0. The van der Waals surface area contributed by atoms with Gasteiger partial charge < -0.3 is 9.47 Å². The van der Waals surface area contributed by atoms with Crippen LogP contribution >= 0.6 is 0 Å². The molecule has 0 aromatic heterocycles. The molecule has 3 heteroatoms. The van der Waals surface area contributed by atoms with Gasteiger partial charge in [0.05, 0.1) is 25.4 Å². The minimum absolute atomic E-state index is 0.0855. The summed E-state index contributed by atoms with van der Waals surface area (Å²) in [4.78, 5) is 0. The molecule has 0 aromatic carbocycles. The topological polar surface area (TPSA) is 18.5 Å². The number of halogens is 1. The summed E-state index contributed by atoms with van der Waals surface area (Å²) < 4.78 is 23.0. The van der Waals surface area contributed by atoms with E-state index in [4.69, 9.17) is 9.47 Å². The Bertz CT molecular complexity index is 92.7. The number of hydrogen-bond acceptors (Lipinski definition) is 2. The highest BCUT2D eigenvalue weighted by atomic mass is 19.1. The molecule has 74 valence electrons. The second kappa shape index (κ2) is 6.38. The standard InChI is InChI=1S/C9H19FO2/c1-7(2)11-5-9(10)6-12-8(3)4/h7-9H,5-6H2,1-4H3. The molecule has 0 aliphatic rings. The van der Waals surface area contributed by atoms with Gasteiger partial charge in [-0.25, -0.2) is 4.39 Å². The van der Waals surface area contributed by atoms with Gasteiger partial charge in [-0.15, -0.1) is 0 Å². The van der Waals surface area contributed by atoms with Gasteiger partial charge in [-0.1, -0.05) is 0 Å². The van der Waals surface area contributed by atoms with Crippen LogP contribution < -0.4 is 0 Å². The quantitative estimate of drug-likeness (QED) is 0.620. The molecule has 0 rings (SSSR count). The zero-order chi connectivity index (χ0) is 9.56. The van der Waals surface area contributed by atoms with E-state index in [1.54, 1.807) is 0 Å². The van der Waals surface area contributed by atoms with E-state index in [-0.39, 0.29) is 25.4 Å². The molecule has 12 heavy (non-hydrogen) atoms. The molecule has 2 nitrogen and oxygen atoms in total. The minimum Gasteiger partial charge on any atom is -0.376 e. The first kappa shape index (κ1) is 11.8. The fraction of sp³-hybridized carbons (Fsp3) is 1.00. The molecule has 0 aliphatic heterocycles. The molecule has 0 saturated heterocycles. The summed E-state index contributed by atoms with van der Waals surface area (Å²) in [6.45, 7) is 7.80. The van der Waals surface area contributed by atoms with Crippen LogP contribution in [0.5, 0.6) is 0 Å². The lowest BCUT2D eigenvalue weighted by molar-refractivity contribution is -0.0160. The molecule has 0 bridgehead atoms. The summed E-state index contributed by atoms with van der Waals surface area (Å²) in [5.41, 5.74) is 0. The van der Waals surface area contributed by atoms with Crippen LogP contribution in [0, 0.1) is 0 Å². The normalized spacial score (nSPS) is 12.0. The predicted molar refractivity (Wildman–Crippen MR) is 47.1 cm³/mol. The molecule has 0 spiro atoms. The Balaban J connectivity index is 3.27. The van der Waals surface area contributed by atoms with E-state index in [2.05, 4.69) is 0 Å². The fourth-order valence-corrected chi connectivity index (χ4v) is 0.642. The highest BCUT2D eigenvalue weighted by molar-refractivity contribution is 4.54. The molecule has 0 atom stereocenters. The minimum atomic E-state index is -1.00. The van der Waals surface area contributed by atoms with Gasteiger partial charge in [0, 0.05) is 0 Å². The van der Waals surface area contributed by atoms with Gasteiger partial charge in [0.15, 0.2) is 0 Å². The molecular weight excluding hydrogens is 159 g/mol. The van der Waals surface area contributed by atoms with Crippen molar-refractivity contribution in [1.82, 2.24) is 0 Å². The van der Waals surface area contributed by atoms with Crippen LogP contribution in [0.1, 0.15) is 27.7 Å². The van der Waals surface area contributed by atoms with E-state index in [0.29, 0.717) is 0 Å². The van der Waals surface area contributed by atoms with E-state index < -0.39 is 6.17 Å². The van der Waals surface area contributed by atoms with Crippen LogP contribution in [-0.2, 0) is 9.47 Å². The first-order valence-corrected chi connectivity index (χ1v) is 4.39. The Kier molecular flexibility index (Phi) is 6.30. The summed E-state index contributed by atoms with van der Waals surface area (Å²) >= 11 is 0. The number of rotatable bonds is 6. The van der Waals surface area contributed by atoms with Crippen LogP contribution in [0.15, 0.2) is 0 Å². The van der Waals surface area contributed by atoms with Crippen molar-refractivity contribution in [3.05, 3.63) is 0 Å². The van der Waals surface area contributed by atoms with Gasteiger partial charge in [-0.2, -0.15) is 0 Å². The summed E-state index contributed by atoms with van der Waals surface area (Å²) in [5, 5.41) is 0. The van der Waals surface area contributed by atoms with Crippen molar-refractivity contribution in [3.63, 3.8) is 0 Å². The molecule has 0 fully saturated rings. The smallest absolute Gasteiger partial charge is 0.147 e. The van der Waals surface area contributed by atoms with E-state index in [1.807, 2.05) is 27.7 Å². The summed E-state index contributed by atoms with van der Waals surface area (Å²) in [5.74, 6) is 0. The Labute approximate surface area is 74.1 Å². The van der Waals surface area contributed by atoms with E-state index in [1.165, 1.54) is 0 Å². The second-order valence-electron chi connectivity index (χ2n) is 3.36. The van der Waals surface area contributed by atoms with Crippen LogP contribution in [0.25, 0.3) is 0 Å². The molecule has 0 aromatic rings. The van der Waals surface area contributed by atoms with Gasteiger partial charge in [0.1, 0.15) is 6.17 Å². The SMILES string of the molecule is CC(C)OCC(F)COC(C)C. The van der Waals surface area contributed by atoms with Crippen LogP contribution in [0.2, 0.25) is 0 Å². The van der Waals surface area contributed by atoms with Crippen molar-refractivity contribution >= 4 is 0 Å². The summed E-state index contributed by atoms with van der Waals surface area (Å²) in [6.07, 6.45) is -0.834. The first-order chi connectivity index (χ1) is 5.52. The van der Waals surface area contributed by atoms with Crippen LogP contribution in [0.3, 0.4) is 0 Å². The van der Waals surface area contributed by atoms with Crippen molar-refractivity contribution in [1.29, 1.82) is 0 Å². The number of alkyl halides is 1. The Morgan fingerprint density at radius 1 is 0.917 bits per heavy atom. The molecule has 0 amide bonds. The monoisotopic (exact) mass is 178 g/mol. The molecular formula is C9H19FO2. The van der Waals surface area contributed by atoms with Crippen LogP contribution in [-0.4, -0.2) is 31.6 Å². The maximum atomic E-state index is 12.9. The fourth-order valence-electron chi connectivity index (χ4n) is 0.642. The average Bonchev–Trinajstić information content (AvgIpc) is 1.96. The van der Waals surface area contributed by atoms with E-state index in [0.717, 1.165) is 0 Å². The third kappa shape index (κ3) is 7.95. The lowest BCUT2D eigenvalue weighted by atomic mass is 10.4. The van der Waals surface area contributed by atoms with Gasteiger partial charge in [-0.05, 0) is 27.7 Å². The lowest BCUT2D eigenvalue weighted by Crippen LogP contribution is -2.21. The van der Waals surface area contributed by atoms with E-state index in [9.17, 15) is 4.39 Å². The van der Waals surface area contributed by atoms with E-state index >= 15 is 0 Å². The van der Waals surface area contributed by atoms with Crippen LogP contribution in [0.4, 0.5) is 4.39 Å². The third-order valence-electron chi connectivity index (χ3n) is 1.22. The largest absolute Gasteiger partial charge is 0.376 e. The van der Waals surface area contributed by atoms with Gasteiger partial charge in [0.2, 0.25) is 0 Å². The molecule has 0 aliphatic carbocycles. The lowest BCUT2D eigenvalue weighted by Gasteiger charge is -2.13. The Hall–Kier alpha value is -0.150. The molecule has 0 heterocycles. The Morgan fingerprint density at radius 2 is 1.25 bits per heavy atom. The molecule has 0 N–H and O–H groups in total. The average molecular weight is 178 g/mol. The van der Waals surface area contributed by atoms with Crippen molar-refractivity contribution in [2.24, 2.45) is 0 Å². The highest BCUT2D eigenvalue weighted by Crippen LogP contribution is 1.99. The Morgan fingerprint density at radius 3 is 1.50 bits per heavy atom. The maximum Gasteiger partial charge on any atom is 0.147 e. The third-order valence-corrected chi connectivity index (χ3v) is 1.22. The molecule has 0 radical (unpaired) electrons. The van der Waals surface area contributed by atoms with Gasteiger partial charge in [-0.3, -0.25) is 0 Å². The summed E-state index contributed by atoms with van der Waals surface area (Å²) in [7, 11) is 0. The van der Waals surface area contributed by atoms with Crippen molar-refractivity contribution in [3.8, 4) is 0 Å². The first-order valence-electron chi connectivity index (χ1n) is 4.39. The summed E-state index contributed by atoms with van der Waals surface area (Å²) in [6, 6.07) is 0. The van der Waals surface area contributed by atoms with Gasteiger partial charge in [0.25, 0.3) is 0 Å². The predicted octanol–water partition coefficient (Wildman–Crippen LogP) is 2.17. The molecule has 0 saturated carbocycles. The van der Waals surface area contributed by atoms with Crippen molar-refractivity contribution < 1.29 is 13.9 Å². The number of ether oxygens (including phenoxy) is 2. The van der Waals surface area contributed by atoms with Gasteiger partial charge >= 0.3 is 0 Å².